The Balaban J connectivity index is 1.75. The largest absolute Gasteiger partial charge is 0.368 e. The predicted octanol–water partition coefficient (Wildman–Crippen LogP) is 3.04. The van der Waals surface area contributed by atoms with Gasteiger partial charge in [0.2, 0.25) is 10.0 Å². The molecular formula is C16H14ClF2N3O4S. The normalized spacial score (nSPS) is 15.7. The van der Waals surface area contributed by atoms with Crippen LogP contribution in [0.3, 0.4) is 0 Å². The molecule has 7 nitrogen and oxygen atoms in total. The van der Waals surface area contributed by atoms with Gasteiger partial charge in [0, 0.05) is 38.3 Å². The van der Waals surface area contributed by atoms with Crippen LogP contribution in [0, 0.1) is 21.7 Å². The number of anilines is 1. The highest BCUT2D eigenvalue weighted by molar-refractivity contribution is 7.89. The van der Waals surface area contributed by atoms with Crippen molar-refractivity contribution in [3.05, 3.63) is 63.2 Å². The van der Waals surface area contributed by atoms with E-state index in [9.17, 15) is 27.3 Å². The minimum absolute atomic E-state index is 0.106. The van der Waals surface area contributed by atoms with Crippen LogP contribution in [-0.2, 0) is 10.0 Å². The molecule has 0 unspecified atom stereocenters. The van der Waals surface area contributed by atoms with Crippen molar-refractivity contribution in [1.82, 2.24) is 4.31 Å². The minimum Gasteiger partial charge on any atom is -0.368 e. The van der Waals surface area contributed by atoms with Crippen LogP contribution < -0.4 is 4.90 Å². The maximum absolute atomic E-state index is 13.4. The molecule has 1 fully saturated rings. The molecule has 1 aliphatic heterocycles. The Morgan fingerprint density at radius 2 is 1.67 bits per heavy atom. The van der Waals surface area contributed by atoms with Crippen molar-refractivity contribution in [1.29, 1.82) is 0 Å². The lowest BCUT2D eigenvalue weighted by molar-refractivity contribution is -0.384. The van der Waals surface area contributed by atoms with E-state index in [2.05, 4.69) is 0 Å². The first-order valence-electron chi connectivity index (χ1n) is 7.84. The maximum atomic E-state index is 13.4. The second kappa shape index (κ2) is 7.37. The smallest absolute Gasteiger partial charge is 0.271 e. The molecule has 1 heterocycles. The highest BCUT2D eigenvalue weighted by atomic mass is 35.5. The summed E-state index contributed by atoms with van der Waals surface area (Å²) in [7, 11) is -3.96. The van der Waals surface area contributed by atoms with E-state index < -0.39 is 26.6 Å². The third kappa shape index (κ3) is 3.87. The van der Waals surface area contributed by atoms with Gasteiger partial charge in [-0.05, 0) is 24.3 Å². The fraction of sp³-hybridized carbons (Fsp3) is 0.250. The summed E-state index contributed by atoms with van der Waals surface area (Å²) in [6.07, 6.45) is 0. The molecule has 0 aliphatic carbocycles. The summed E-state index contributed by atoms with van der Waals surface area (Å²) in [4.78, 5) is 11.7. The Morgan fingerprint density at radius 3 is 2.22 bits per heavy atom. The Labute approximate surface area is 159 Å². The van der Waals surface area contributed by atoms with Gasteiger partial charge in [-0.2, -0.15) is 4.31 Å². The molecule has 0 spiro atoms. The summed E-state index contributed by atoms with van der Waals surface area (Å²) >= 11 is 6.11. The van der Waals surface area contributed by atoms with Crippen LogP contribution in [0.25, 0.3) is 0 Å². The van der Waals surface area contributed by atoms with Crippen molar-refractivity contribution in [2.24, 2.45) is 0 Å². The van der Waals surface area contributed by atoms with E-state index in [4.69, 9.17) is 11.6 Å². The van der Waals surface area contributed by atoms with Crippen LogP contribution in [0.2, 0.25) is 5.02 Å². The van der Waals surface area contributed by atoms with Crippen molar-refractivity contribution in [3.8, 4) is 0 Å². The zero-order chi connectivity index (χ0) is 19.8. The minimum atomic E-state index is -3.96. The fourth-order valence-corrected chi connectivity index (χ4v) is 4.55. The predicted molar refractivity (Wildman–Crippen MR) is 95.4 cm³/mol. The molecule has 1 aliphatic rings. The molecule has 27 heavy (non-hydrogen) atoms. The second-order valence-corrected chi connectivity index (χ2v) is 8.21. The number of halogens is 3. The first-order valence-corrected chi connectivity index (χ1v) is 9.66. The van der Waals surface area contributed by atoms with Crippen molar-refractivity contribution >= 4 is 33.0 Å². The summed E-state index contributed by atoms with van der Waals surface area (Å²) in [5.74, 6) is -2.35. The van der Waals surface area contributed by atoms with Gasteiger partial charge in [0.1, 0.15) is 0 Å². The van der Waals surface area contributed by atoms with E-state index in [1.165, 1.54) is 22.5 Å². The third-order valence-corrected chi connectivity index (χ3v) is 6.45. The Kier molecular flexibility index (Phi) is 5.31. The molecule has 11 heteroatoms. The molecule has 144 valence electrons. The monoisotopic (exact) mass is 417 g/mol. The molecule has 0 aromatic heterocycles. The Morgan fingerprint density at radius 1 is 1.00 bits per heavy atom. The first kappa shape index (κ1) is 19.5. The second-order valence-electron chi connectivity index (χ2n) is 5.86. The number of hydrogen-bond donors (Lipinski definition) is 0. The molecule has 0 saturated carbocycles. The van der Waals surface area contributed by atoms with Gasteiger partial charge in [0.05, 0.1) is 20.5 Å². The lowest BCUT2D eigenvalue weighted by Crippen LogP contribution is -2.48. The molecule has 0 atom stereocenters. The highest BCUT2D eigenvalue weighted by Gasteiger charge is 2.30. The van der Waals surface area contributed by atoms with Crippen molar-refractivity contribution in [2.75, 3.05) is 31.1 Å². The Bertz CT molecular complexity index is 995. The van der Waals surface area contributed by atoms with E-state index in [1.807, 2.05) is 4.90 Å². The van der Waals surface area contributed by atoms with Crippen LogP contribution in [0.15, 0.2) is 41.3 Å². The topological polar surface area (TPSA) is 83.8 Å². The van der Waals surface area contributed by atoms with Gasteiger partial charge >= 0.3 is 0 Å². The summed E-state index contributed by atoms with van der Waals surface area (Å²) in [5, 5.41) is 11.0. The van der Waals surface area contributed by atoms with Crippen LogP contribution in [-0.4, -0.2) is 43.8 Å². The summed E-state index contributed by atoms with van der Waals surface area (Å²) in [5.41, 5.74) is 0.426. The number of nitro groups is 1. The maximum Gasteiger partial charge on any atom is 0.271 e. The SMILES string of the molecule is O=[N+]([O-])c1ccc(N2CCN(S(=O)(=O)c3ccc(F)c(F)c3)CC2)c(Cl)c1. The van der Waals surface area contributed by atoms with E-state index in [0.29, 0.717) is 24.8 Å². The van der Waals surface area contributed by atoms with Gasteiger partial charge < -0.3 is 4.90 Å². The number of hydrogen-bond acceptors (Lipinski definition) is 5. The molecule has 2 aromatic rings. The molecule has 0 bridgehead atoms. The fourth-order valence-electron chi connectivity index (χ4n) is 2.82. The molecule has 2 aromatic carbocycles. The lowest BCUT2D eigenvalue weighted by Gasteiger charge is -2.35. The molecular weight excluding hydrogens is 404 g/mol. The van der Waals surface area contributed by atoms with Crippen LogP contribution in [0.5, 0.6) is 0 Å². The van der Waals surface area contributed by atoms with Gasteiger partial charge in [0.15, 0.2) is 11.6 Å². The van der Waals surface area contributed by atoms with Gasteiger partial charge in [-0.1, -0.05) is 11.6 Å². The number of benzene rings is 2. The van der Waals surface area contributed by atoms with E-state index >= 15 is 0 Å². The first-order chi connectivity index (χ1) is 12.7. The van der Waals surface area contributed by atoms with Crippen LogP contribution >= 0.6 is 11.6 Å². The molecule has 0 radical (unpaired) electrons. The van der Waals surface area contributed by atoms with Gasteiger partial charge in [-0.3, -0.25) is 10.1 Å². The Hall–Kier alpha value is -2.30. The van der Waals surface area contributed by atoms with Gasteiger partial charge in [-0.25, -0.2) is 17.2 Å². The summed E-state index contributed by atoms with van der Waals surface area (Å²) in [6.45, 7) is 0.796. The molecule has 0 amide bonds. The number of sulfonamides is 1. The molecule has 0 N–H and O–H groups in total. The number of non-ortho nitro benzene ring substituents is 1. The van der Waals surface area contributed by atoms with Crippen molar-refractivity contribution in [2.45, 2.75) is 4.90 Å². The lowest BCUT2D eigenvalue weighted by atomic mass is 10.2. The van der Waals surface area contributed by atoms with Gasteiger partial charge in [0.25, 0.3) is 5.69 Å². The summed E-state index contributed by atoms with van der Waals surface area (Å²) in [6, 6.07) is 6.53. The summed E-state index contributed by atoms with van der Waals surface area (Å²) < 4.78 is 52.8. The molecule has 1 saturated heterocycles. The van der Waals surface area contributed by atoms with Crippen LogP contribution in [0.1, 0.15) is 0 Å². The third-order valence-electron chi connectivity index (χ3n) is 4.25. The zero-order valence-electron chi connectivity index (χ0n) is 13.8. The number of rotatable bonds is 4. The quantitative estimate of drug-likeness (QED) is 0.564. The van der Waals surface area contributed by atoms with Crippen molar-refractivity contribution in [3.63, 3.8) is 0 Å². The number of nitro benzene ring substituents is 1. The van der Waals surface area contributed by atoms with Crippen molar-refractivity contribution < 1.29 is 22.1 Å². The van der Waals surface area contributed by atoms with Gasteiger partial charge in [-0.15, -0.1) is 0 Å². The zero-order valence-corrected chi connectivity index (χ0v) is 15.4. The standard InChI is InChI=1S/C16H14ClF2N3O4S/c17-13-9-11(22(23)24)1-4-16(13)20-5-7-21(8-6-20)27(25,26)12-2-3-14(18)15(19)10-12/h1-4,9-10H,5-8H2. The van der Waals surface area contributed by atoms with E-state index in [-0.39, 0.29) is 28.7 Å². The van der Waals surface area contributed by atoms with E-state index in [0.717, 1.165) is 12.1 Å². The van der Waals surface area contributed by atoms with Crippen LogP contribution in [0.4, 0.5) is 20.2 Å². The highest BCUT2D eigenvalue weighted by Crippen LogP contribution is 2.31. The van der Waals surface area contributed by atoms with E-state index in [1.54, 1.807) is 0 Å². The average molecular weight is 418 g/mol. The number of piperazine rings is 1. The molecule has 3 rings (SSSR count). The average Bonchev–Trinajstić information content (AvgIpc) is 2.64. The number of nitrogens with zero attached hydrogens (tertiary/aromatic N) is 3.